The number of carboxylic acids is 1. The van der Waals surface area contributed by atoms with Crippen LogP contribution in [0.15, 0.2) is 36.4 Å². The SMILES string of the molecule is COc1cc(Cl)ccc1C(=O)N1CCc2c1cc(C)c(C(OC(C)(C)C)C(=O)O)c2-c1ccc2c(c1C)CCCO2. The monoisotopic (exact) mass is 577 g/mol. The summed E-state index contributed by atoms with van der Waals surface area (Å²) in [5, 5.41) is 10.9. The van der Waals surface area contributed by atoms with Gasteiger partial charge in [-0.3, -0.25) is 4.79 Å². The van der Waals surface area contributed by atoms with Gasteiger partial charge >= 0.3 is 5.97 Å². The largest absolute Gasteiger partial charge is 0.496 e. The van der Waals surface area contributed by atoms with Gasteiger partial charge in [-0.1, -0.05) is 17.7 Å². The second-order valence-electron chi connectivity index (χ2n) is 11.6. The lowest BCUT2D eigenvalue weighted by Gasteiger charge is -2.30. The van der Waals surface area contributed by atoms with E-state index in [0.717, 1.165) is 57.7 Å². The van der Waals surface area contributed by atoms with Crippen molar-refractivity contribution in [2.75, 3.05) is 25.2 Å². The lowest BCUT2D eigenvalue weighted by molar-refractivity contribution is -0.160. The molecule has 3 aromatic carbocycles. The maximum atomic E-state index is 13.9. The number of methoxy groups -OCH3 is 1. The van der Waals surface area contributed by atoms with Crippen LogP contribution in [-0.2, 0) is 22.4 Å². The smallest absolute Gasteiger partial charge is 0.337 e. The van der Waals surface area contributed by atoms with Crippen molar-refractivity contribution < 1.29 is 28.9 Å². The number of ether oxygens (including phenoxy) is 3. The average Bonchev–Trinajstić information content (AvgIpc) is 3.34. The third-order valence-electron chi connectivity index (χ3n) is 7.79. The second-order valence-corrected chi connectivity index (χ2v) is 12.1. The lowest BCUT2D eigenvalue weighted by atomic mass is 9.83. The fourth-order valence-electron chi connectivity index (χ4n) is 6.01. The van der Waals surface area contributed by atoms with Crippen molar-refractivity contribution in [1.82, 2.24) is 0 Å². The summed E-state index contributed by atoms with van der Waals surface area (Å²) in [6, 6.07) is 10.9. The van der Waals surface area contributed by atoms with Gasteiger partial charge in [-0.2, -0.15) is 0 Å². The van der Waals surface area contributed by atoms with E-state index in [1.165, 1.54) is 7.11 Å². The number of halogens is 1. The highest BCUT2D eigenvalue weighted by atomic mass is 35.5. The van der Waals surface area contributed by atoms with Crippen molar-refractivity contribution in [3.8, 4) is 22.6 Å². The van der Waals surface area contributed by atoms with Gasteiger partial charge in [0.2, 0.25) is 0 Å². The van der Waals surface area contributed by atoms with Crippen LogP contribution in [0.5, 0.6) is 11.5 Å². The first-order chi connectivity index (χ1) is 19.4. The van der Waals surface area contributed by atoms with Crippen LogP contribution in [0.25, 0.3) is 11.1 Å². The minimum absolute atomic E-state index is 0.202. The molecule has 0 saturated carbocycles. The molecule has 0 aliphatic carbocycles. The Bertz CT molecular complexity index is 1540. The molecule has 2 heterocycles. The Morgan fingerprint density at radius 1 is 1.07 bits per heavy atom. The Labute approximate surface area is 246 Å². The zero-order valence-corrected chi connectivity index (χ0v) is 25.1. The van der Waals surface area contributed by atoms with Crippen LogP contribution in [0.2, 0.25) is 5.02 Å². The van der Waals surface area contributed by atoms with Gasteiger partial charge in [-0.05, 0) is 118 Å². The summed E-state index contributed by atoms with van der Waals surface area (Å²) in [7, 11) is 1.51. The van der Waals surface area contributed by atoms with E-state index < -0.39 is 17.7 Å². The second kappa shape index (κ2) is 11.0. The molecular weight excluding hydrogens is 542 g/mol. The van der Waals surface area contributed by atoms with Crippen molar-refractivity contribution >= 4 is 29.2 Å². The maximum Gasteiger partial charge on any atom is 0.337 e. The molecule has 1 N–H and O–H groups in total. The predicted molar refractivity (Wildman–Crippen MR) is 160 cm³/mol. The van der Waals surface area contributed by atoms with Crippen LogP contribution in [-0.4, -0.2) is 42.8 Å². The van der Waals surface area contributed by atoms with Crippen LogP contribution in [0.4, 0.5) is 5.69 Å². The Balaban J connectivity index is 1.74. The number of carbonyl (C=O) groups excluding carboxylic acids is 1. The molecule has 0 spiro atoms. The van der Waals surface area contributed by atoms with Crippen LogP contribution >= 0.6 is 11.6 Å². The van der Waals surface area contributed by atoms with Gasteiger partial charge in [0.05, 0.1) is 24.9 Å². The highest BCUT2D eigenvalue weighted by Crippen LogP contribution is 2.47. The molecular formula is C33H36ClNO6. The number of nitrogens with zero attached hydrogens (tertiary/aromatic N) is 1. The first kappa shape index (κ1) is 29.0. The van der Waals surface area contributed by atoms with Gasteiger partial charge in [0.1, 0.15) is 11.5 Å². The summed E-state index contributed by atoms with van der Waals surface area (Å²) in [5.41, 5.74) is 6.71. The summed E-state index contributed by atoms with van der Waals surface area (Å²) in [5.74, 6) is 0.0157. The zero-order chi connectivity index (χ0) is 29.6. The van der Waals surface area contributed by atoms with E-state index in [-0.39, 0.29) is 5.91 Å². The zero-order valence-electron chi connectivity index (χ0n) is 24.4. The van der Waals surface area contributed by atoms with Crippen LogP contribution in [0.1, 0.15) is 71.5 Å². The van der Waals surface area contributed by atoms with E-state index in [4.69, 9.17) is 25.8 Å². The first-order valence-electron chi connectivity index (χ1n) is 13.9. The number of aryl methyl sites for hydroxylation is 1. The Morgan fingerprint density at radius 3 is 2.51 bits per heavy atom. The molecule has 0 bridgehead atoms. The Kier molecular flexibility index (Phi) is 7.79. The normalized spacial score (nSPS) is 15.1. The molecule has 2 aliphatic rings. The molecule has 3 aromatic rings. The minimum atomic E-state index is -1.19. The predicted octanol–water partition coefficient (Wildman–Crippen LogP) is 7.10. The van der Waals surface area contributed by atoms with E-state index >= 15 is 0 Å². The molecule has 1 unspecified atom stereocenters. The molecule has 8 heteroatoms. The number of carbonyl (C=O) groups is 2. The molecule has 0 aromatic heterocycles. The van der Waals surface area contributed by atoms with E-state index in [9.17, 15) is 14.7 Å². The molecule has 1 amide bonds. The van der Waals surface area contributed by atoms with Crippen molar-refractivity contribution in [3.05, 3.63) is 74.8 Å². The lowest BCUT2D eigenvalue weighted by Crippen LogP contribution is -2.30. The maximum absolute atomic E-state index is 13.9. The summed E-state index contributed by atoms with van der Waals surface area (Å²) < 4.78 is 17.6. The summed E-state index contributed by atoms with van der Waals surface area (Å²) in [4.78, 5) is 28.4. The van der Waals surface area contributed by atoms with E-state index in [1.807, 2.05) is 45.9 Å². The molecule has 0 fully saturated rings. The topological polar surface area (TPSA) is 85.3 Å². The highest BCUT2D eigenvalue weighted by Gasteiger charge is 2.37. The van der Waals surface area contributed by atoms with Gasteiger partial charge in [-0.15, -0.1) is 0 Å². The van der Waals surface area contributed by atoms with Gasteiger partial charge in [-0.25, -0.2) is 4.79 Å². The van der Waals surface area contributed by atoms with Crippen molar-refractivity contribution in [3.63, 3.8) is 0 Å². The third-order valence-corrected chi connectivity index (χ3v) is 8.02. The number of rotatable bonds is 6. The number of carboxylic acid groups (broad SMARTS) is 1. The quantitative estimate of drug-likeness (QED) is 0.336. The number of fused-ring (bicyclic) bond motifs is 2. The Morgan fingerprint density at radius 2 is 1.83 bits per heavy atom. The van der Waals surface area contributed by atoms with Crippen LogP contribution in [0.3, 0.4) is 0 Å². The van der Waals surface area contributed by atoms with Crippen molar-refractivity contribution in [1.29, 1.82) is 0 Å². The van der Waals surface area contributed by atoms with E-state index in [0.29, 0.717) is 41.5 Å². The first-order valence-corrected chi connectivity index (χ1v) is 14.3. The van der Waals surface area contributed by atoms with Crippen LogP contribution in [0, 0.1) is 13.8 Å². The fourth-order valence-corrected chi connectivity index (χ4v) is 6.17. The van der Waals surface area contributed by atoms with Gasteiger partial charge in [0.15, 0.2) is 6.10 Å². The standard InChI is InChI=1S/C33H36ClNO6/c1-18-16-25-23(13-14-35(25)31(36)24-10-9-20(34)17-27(24)39-6)29(28(18)30(32(37)38)41-33(3,4)5)22-11-12-26-21(19(22)2)8-7-15-40-26/h9-12,16-17,30H,7-8,13-15H2,1-6H3,(H,37,38). The van der Waals surface area contributed by atoms with Gasteiger partial charge in [0, 0.05) is 22.8 Å². The van der Waals surface area contributed by atoms with Gasteiger partial charge < -0.3 is 24.2 Å². The molecule has 2 aliphatic heterocycles. The van der Waals surface area contributed by atoms with E-state index in [1.54, 1.807) is 23.1 Å². The summed E-state index contributed by atoms with van der Waals surface area (Å²) >= 11 is 6.16. The molecule has 1 atom stereocenters. The summed E-state index contributed by atoms with van der Waals surface area (Å²) in [6.07, 6.45) is 1.18. The number of amides is 1. The van der Waals surface area contributed by atoms with Crippen LogP contribution < -0.4 is 14.4 Å². The molecule has 5 rings (SSSR count). The molecule has 0 radical (unpaired) electrons. The minimum Gasteiger partial charge on any atom is -0.496 e. The number of hydrogen-bond donors (Lipinski definition) is 1. The van der Waals surface area contributed by atoms with Crippen molar-refractivity contribution in [2.24, 2.45) is 0 Å². The molecule has 0 saturated heterocycles. The third kappa shape index (κ3) is 5.41. The number of benzene rings is 3. The highest BCUT2D eigenvalue weighted by molar-refractivity contribution is 6.31. The summed E-state index contributed by atoms with van der Waals surface area (Å²) in [6.45, 7) is 10.6. The van der Waals surface area contributed by atoms with Gasteiger partial charge in [0.25, 0.3) is 5.91 Å². The van der Waals surface area contributed by atoms with Crippen molar-refractivity contribution in [2.45, 2.75) is 65.6 Å². The molecule has 7 nitrogen and oxygen atoms in total. The Hall–Kier alpha value is -3.55. The average molecular weight is 578 g/mol. The fraction of sp³-hybridized carbons (Fsp3) is 0.394. The number of anilines is 1. The molecule has 216 valence electrons. The van der Waals surface area contributed by atoms with E-state index in [2.05, 4.69) is 6.92 Å². The number of aliphatic carboxylic acids is 1. The number of hydrogen-bond acceptors (Lipinski definition) is 5. The molecule has 41 heavy (non-hydrogen) atoms.